The first-order valence-electron chi connectivity index (χ1n) is 7.90. The number of hydrogen-bond acceptors (Lipinski definition) is 3. The van der Waals surface area contributed by atoms with Gasteiger partial charge in [0.2, 0.25) is 10.0 Å². The van der Waals surface area contributed by atoms with Crippen LogP contribution in [0.4, 0.5) is 0 Å². The molecule has 124 valence electrons. The standard InChI is InChI=1S/C17H20N2O2S.ClH/c20-22(21,19-14-8-9-15(19)12-18-11-10-14)17-7-3-5-13-4-1-2-6-16(13)17;/h1-7,14-15,18H,8-12H2;1H. The molecular weight excluding hydrogens is 332 g/mol. The number of nitrogens with zero attached hydrogens (tertiary/aromatic N) is 1. The van der Waals surface area contributed by atoms with E-state index >= 15 is 0 Å². The van der Waals surface area contributed by atoms with Crippen molar-refractivity contribution in [2.75, 3.05) is 13.1 Å². The van der Waals surface area contributed by atoms with E-state index in [1.165, 1.54) is 0 Å². The molecule has 2 aliphatic heterocycles. The molecule has 23 heavy (non-hydrogen) atoms. The first-order chi connectivity index (χ1) is 10.7. The number of hydrogen-bond donors (Lipinski definition) is 1. The normalized spacial score (nSPS) is 25.0. The Bertz CT molecular complexity index is 790. The molecule has 0 spiro atoms. The van der Waals surface area contributed by atoms with E-state index < -0.39 is 10.0 Å². The highest BCUT2D eigenvalue weighted by atomic mass is 35.5. The molecule has 2 aliphatic rings. The van der Waals surface area contributed by atoms with E-state index in [4.69, 9.17) is 0 Å². The molecule has 0 radical (unpaired) electrons. The second-order valence-corrected chi connectivity index (χ2v) is 8.00. The lowest BCUT2D eigenvalue weighted by molar-refractivity contribution is 0.335. The van der Waals surface area contributed by atoms with Crippen LogP contribution < -0.4 is 5.32 Å². The van der Waals surface area contributed by atoms with Crippen LogP contribution in [0.2, 0.25) is 0 Å². The lowest BCUT2D eigenvalue weighted by Gasteiger charge is -2.27. The molecule has 2 fully saturated rings. The molecule has 2 atom stereocenters. The van der Waals surface area contributed by atoms with Gasteiger partial charge in [-0.3, -0.25) is 0 Å². The molecule has 2 unspecified atom stereocenters. The van der Waals surface area contributed by atoms with Gasteiger partial charge in [-0.1, -0.05) is 36.4 Å². The number of sulfonamides is 1. The zero-order chi connectivity index (χ0) is 15.2. The molecule has 1 N–H and O–H groups in total. The Kier molecular flexibility index (Phi) is 4.65. The fourth-order valence-electron chi connectivity index (χ4n) is 3.87. The van der Waals surface area contributed by atoms with Gasteiger partial charge in [0.25, 0.3) is 0 Å². The van der Waals surface area contributed by atoms with Gasteiger partial charge in [-0.25, -0.2) is 8.42 Å². The summed E-state index contributed by atoms with van der Waals surface area (Å²) in [5.41, 5.74) is 0. The van der Waals surface area contributed by atoms with Gasteiger partial charge >= 0.3 is 0 Å². The average molecular weight is 353 g/mol. The maximum atomic E-state index is 13.3. The molecule has 2 bridgehead atoms. The van der Waals surface area contributed by atoms with Gasteiger partial charge in [-0.15, -0.1) is 12.4 Å². The maximum absolute atomic E-state index is 13.3. The Balaban J connectivity index is 0.00000156. The molecule has 2 aromatic rings. The summed E-state index contributed by atoms with van der Waals surface area (Å²) in [5, 5.41) is 5.16. The van der Waals surface area contributed by atoms with E-state index in [-0.39, 0.29) is 24.5 Å². The quantitative estimate of drug-likeness (QED) is 0.904. The SMILES string of the molecule is Cl.O=S(=O)(c1cccc2ccccc12)N1C2CCNCC1CC2. The van der Waals surface area contributed by atoms with Crippen LogP contribution in [0.25, 0.3) is 10.8 Å². The summed E-state index contributed by atoms with van der Waals surface area (Å²) in [4.78, 5) is 0.449. The molecule has 4 rings (SSSR count). The molecule has 4 nitrogen and oxygen atoms in total. The summed E-state index contributed by atoms with van der Waals surface area (Å²) in [6.45, 7) is 1.67. The van der Waals surface area contributed by atoms with E-state index in [1.807, 2.05) is 36.4 Å². The third kappa shape index (κ3) is 2.76. The minimum absolute atomic E-state index is 0. The Morgan fingerprint density at radius 2 is 1.70 bits per heavy atom. The van der Waals surface area contributed by atoms with E-state index in [2.05, 4.69) is 5.32 Å². The summed E-state index contributed by atoms with van der Waals surface area (Å²) in [6, 6.07) is 13.5. The molecule has 0 aromatic heterocycles. The van der Waals surface area contributed by atoms with Gasteiger partial charge in [0.15, 0.2) is 0 Å². The number of benzene rings is 2. The molecular formula is C17H21ClN2O2S. The second kappa shape index (κ2) is 6.40. The lowest BCUT2D eigenvalue weighted by Crippen LogP contribution is -2.42. The Labute approximate surface area is 143 Å². The van der Waals surface area contributed by atoms with Gasteiger partial charge in [0.05, 0.1) is 4.90 Å². The number of nitrogens with one attached hydrogen (secondary N) is 1. The first kappa shape index (κ1) is 16.7. The van der Waals surface area contributed by atoms with Gasteiger partial charge < -0.3 is 5.32 Å². The minimum Gasteiger partial charge on any atom is -0.315 e. The second-order valence-electron chi connectivity index (χ2n) is 6.19. The first-order valence-corrected chi connectivity index (χ1v) is 9.34. The summed E-state index contributed by atoms with van der Waals surface area (Å²) in [5.74, 6) is 0. The van der Waals surface area contributed by atoms with Gasteiger partial charge in [0, 0.05) is 24.0 Å². The molecule has 0 aliphatic carbocycles. The van der Waals surface area contributed by atoms with Crippen molar-refractivity contribution in [1.82, 2.24) is 9.62 Å². The van der Waals surface area contributed by atoms with Crippen molar-refractivity contribution in [1.29, 1.82) is 0 Å². The molecule has 2 heterocycles. The third-order valence-electron chi connectivity index (χ3n) is 4.89. The molecule has 6 heteroatoms. The molecule has 0 saturated carbocycles. The minimum atomic E-state index is -3.45. The summed E-state index contributed by atoms with van der Waals surface area (Å²) in [7, 11) is -3.45. The number of fused-ring (bicyclic) bond motifs is 3. The monoisotopic (exact) mass is 352 g/mol. The van der Waals surface area contributed by atoms with E-state index in [0.29, 0.717) is 4.90 Å². The smallest absolute Gasteiger partial charge is 0.244 e. The Hall–Kier alpha value is -1.14. The van der Waals surface area contributed by atoms with E-state index in [9.17, 15) is 8.42 Å². The highest BCUT2D eigenvalue weighted by Gasteiger charge is 2.43. The predicted octanol–water partition coefficient (Wildman–Crippen LogP) is 2.78. The summed E-state index contributed by atoms with van der Waals surface area (Å²) < 4.78 is 28.4. The molecule has 0 amide bonds. The fraction of sp³-hybridized carbons (Fsp3) is 0.412. The molecule has 2 aromatic carbocycles. The van der Waals surface area contributed by atoms with Crippen molar-refractivity contribution < 1.29 is 8.42 Å². The van der Waals surface area contributed by atoms with Crippen LogP contribution in [-0.4, -0.2) is 37.9 Å². The maximum Gasteiger partial charge on any atom is 0.244 e. The van der Waals surface area contributed by atoms with Crippen LogP contribution in [0.15, 0.2) is 47.4 Å². The van der Waals surface area contributed by atoms with Crippen LogP contribution in [0.1, 0.15) is 19.3 Å². The number of rotatable bonds is 2. The van der Waals surface area contributed by atoms with Crippen LogP contribution in [-0.2, 0) is 10.0 Å². The number of halogens is 1. The fourth-order valence-corrected chi connectivity index (χ4v) is 5.98. The van der Waals surface area contributed by atoms with Crippen LogP contribution >= 0.6 is 12.4 Å². The zero-order valence-electron chi connectivity index (χ0n) is 12.8. The third-order valence-corrected chi connectivity index (χ3v) is 6.96. The van der Waals surface area contributed by atoms with Crippen molar-refractivity contribution in [3.8, 4) is 0 Å². The van der Waals surface area contributed by atoms with Gasteiger partial charge in [0.1, 0.15) is 0 Å². The van der Waals surface area contributed by atoms with Crippen molar-refractivity contribution in [2.24, 2.45) is 0 Å². The van der Waals surface area contributed by atoms with Crippen molar-refractivity contribution >= 4 is 33.2 Å². The van der Waals surface area contributed by atoms with Gasteiger partial charge in [-0.2, -0.15) is 4.31 Å². The van der Waals surface area contributed by atoms with Crippen molar-refractivity contribution in [3.63, 3.8) is 0 Å². The largest absolute Gasteiger partial charge is 0.315 e. The van der Waals surface area contributed by atoms with Crippen LogP contribution in [0.5, 0.6) is 0 Å². The lowest BCUT2D eigenvalue weighted by atomic mass is 10.1. The van der Waals surface area contributed by atoms with Crippen molar-refractivity contribution in [2.45, 2.75) is 36.2 Å². The van der Waals surface area contributed by atoms with E-state index in [0.717, 1.165) is 43.1 Å². The highest BCUT2D eigenvalue weighted by Crippen LogP contribution is 2.35. The molecule has 2 saturated heterocycles. The van der Waals surface area contributed by atoms with E-state index in [1.54, 1.807) is 10.4 Å². The van der Waals surface area contributed by atoms with Crippen LogP contribution in [0.3, 0.4) is 0 Å². The Morgan fingerprint density at radius 1 is 0.957 bits per heavy atom. The average Bonchev–Trinajstić information content (AvgIpc) is 2.80. The summed E-state index contributed by atoms with van der Waals surface area (Å²) >= 11 is 0. The Morgan fingerprint density at radius 3 is 2.57 bits per heavy atom. The van der Waals surface area contributed by atoms with Crippen LogP contribution in [0, 0.1) is 0 Å². The topological polar surface area (TPSA) is 49.4 Å². The predicted molar refractivity (Wildman–Crippen MR) is 94.5 cm³/mol. The zero-order valence-corrected chi connectivity index (χ0v) is 14.4. The highest BCUT2D eigenvalue weighted by molar-refractivity contribution is 7.89. The summed E-state index contributed by atoms with van der Waals surface area (Å²) in [6.07, 6.45) is 2.85. The van der Waals surface area contributed by atoms with Gasteiger partial charge in [-0.05, 0) is 37.3 Å². The van der Waals surface area contributed by atoms with Crippen molar-refractivity contribution in [3.05, 3.63) is 42.5 Å².